The summed E-state index contributed by atoms with van der Waals surface area (Å²) in [7, 11) is -7.49. The number of piperazine rings is 1. The minimum atomic E-state index is -3.98. The molecule has 1 aromatic rings. The molecule has 0 aliphatic carbocycles. The van der Waals surface area contributed by atoms with E-state index in [9.17, 15) is 26.4 Å². The van der Waals surface area contributed by atoms with E-state index in [-0.39, 0.29) is 49.5 Å². The van der Waals surface area contributed by atoms with Gasteiger partial charge in [-0.05, 0) is 31.9 Å². The summed E-state index contributed by atoms with van der Waals surface area (Å²) in [6, 6.07) is 1.70. The van der Waals surface area contributed by atoms with E-state index < -0.39 is 32.1 Å². The van der Waals surface area contributed by atoms with E-state index in [4.69, 9.17) is 9.15 Å². The van der Waals surface area contributed by atoms with Gasteiger partial charge in [0, 0.05) is 32.7 Å². The summed E-state index contributed by atoms with van der Waals surface area (Å²) in [6.07, 6.45) is 3.02. The molecule has 1 unspecified atom stereocenters. The lowest BCUT2D eigenvalue weighted by Gasteiger charge is -2.39. The van der Waals surface area contributed by atoms with Crippen LogP contribution < -0.4 is 0 Å². The fourth-order valence-electron chi connectivity index (χ4n) is 3.81. The van der Waals surface area contributed by atoms with Gasteiger partial charge in [-0.2, -0.15) is 8.61 Å². The predicted octanol–water partition coefficient (Wildman–Crippen LogP) is 0.103. The van der Waals surface area contributed by atoms with Crippen LogP contribution in [-0.4, -0.2) is 93.9 Å². The molecule has 0 aromatic carbocycles. The van der Waals surface area contributed by atoms with Crippen LogP contribution in [0, 0.1) is 0 Å². The molecule has 31 heavy (non-hydrogen) atoms. The summed E-state index contributed by atoms with van der Waals surface area (Å²) < 4.78 is 62.1. The van der Waals surface area contributed by atoms with Gasteiger partial charge in [0.1, 0.15) is 6.04 Å². The Labute approximate surface area is 182 Å². The van der Waals surface area contributed by atoms with E-state index in [1.807, 2.05) is 0 Å². The van der Waals surface area contributed by atoms with Gasteiger partial charge in [-0.25, -0.2) is 21.6 Å². The molecule has 3 rings (SSSR count). The molecule has 174 valence electrons. The van der Waals surface area contributed by atoms with Crippen molar-refractivity contribution in [3.63, 3.8) is 0 Å². The van der Waals surface area contributed by atoms with Crippen LogP contribution in [0.2, 0.25) is 0 Å². The lowest BCUT2D eigenvalue weighted by atomic mass is 10.0. The topological polar surface area (TPSA) is 135 Å². The first kappa shape index (κ1) is 23.7. The minimum Gasteiger partial charge on any atom is -0.460 e. The molecule has 0 bridgehead atoms. The number of sulfonamides is 2. The van der Waals surface area contributed by atoms with Crippen molar-refractivity contribution in [2.45, 2.75) is 37.3 Å². The van der Waals surface area contributed by atoms with Gasteiger partial charge in [-0.15, -0.1) is 0 Å². The van der Waals surface area contributed by atoms with Gasteiger partial charge in [0.25, 0.3) is 10.0 Å². The first-order valence-electron chi connectivity index (χ1n) is 10.1. The van der Waals surface area contributed by atoms with Crippen LogP contribution in [0.25, 0.3) is 0 Å². The van der Waals surface area contributed by atoms with E-state index in [0.29, 0.717) is 19.4 Å². The quantitative estimate of drug-likeness (QED) is 0.527. The van der Waals surface area contributed by atoms with Gasteiger partial charge >= 0.3 is 5.97 Å². The number of amides is 1. The Kier molecular flexibility index (Phi) is 7.08. The number of furan rings is 1. The van der Waals surface area contributed by atoms with Crippen molar-refractivity contribution < 1.29 is 35.6 Å². The van der Waals surface area contributed by atoms with Crippen molar-refractivity contribution >= 4 is 31.9 Å². The Morgan fingerprint density at radius 1 is 1.06 bits per heavy atom. The maximum Gasteiger partial charge on any atom is 0.374 e. The van der Waals surface area contributed by atoms with Crippen LogP contribution in [0.4, 0.5) is 0 Å². The van der Waals surface area contributed by atoms with E-state index >= 15 is 0 Å². The lowest BCUT2D eigenvalue weighted by molar-refractivity contribution is -0.137. The number of hydrogen-bond donors (Lipinski definition) is 0. The largest absolute Gasteiger partial charge is 0.460 e. The molecule has 0 spiro atoms. The van der Waals surface area contributed by atoms with Crippen LogP contribution in [0.5, 0.6) is 0 Å². The molecule has 1 aromatic heterocycles. The number of esters is 1. The highest BCUT2D eigenvalue weighted by Gasteiger charge is 2.39. The highest BCUT2D eigenvalue weighted by atomic mass is 32.2. The number of carbonyl (C=O) groups is 2. The van der Waals surface area contributed by atoms with Crippen molar-refractivity contribution in [2.24, 2.45) is 0 Å². The molecule has 13 heteroatoms. The molecule has 2 aliphatic rings. The third kappa shape index (κ3) is 5.10. The third-order valence-electron chi connectivity index (χ3n) is 5.37. The summed E-state index contributed by atoms with van der Waals surface area (Å²) in [4.78, 5) is 26.2. The van der Waals surface area contributed by atoms with E-state index in [1.54, 1.807) is 6.92 Å². The number of nitrogens with zero attached hydrogens (tertiary/aromatic N) is 3. The van der Waals surface area contributed by atoms with Gasteiger partial charge in [-0.1, -0.05) is 6.42 Å². The van der Waals surface area contributed by atoms with Crippen molar-refractivity contribution in [1.29, 1.82) is 0 Å². The van der Waals surface area contributed by atoms with E-state index in [1.165, 1.54) is 25.6 Å². The second-order valence-electron chi connectivity index (χ2n) is 7.45. The average molecular weight is 478 g/mol. The highest BCUT2D eigenvalue weighted by molar-refractivity contribution is 7.89. The second kappa shape index (κ2) is 9.27. The summed E-state index contributed by atoms with van der Waals surface area (Å²) >= 11 is 0. The van der Waals surface area contributed by atoms with Crippen molar-refractivity contribution in [3.05, 3.63) is 17.9 Å². The zero-order valence-corrected chi connectivity index (χ0v) is 19.2. The van der Waals surface area contributed by atoms with Crippen molar-refractivity contribution in [1.82, 2.24) is 13.5 Å². The number of carbonyl (C=O) groups excluding carboxylic acids is 2. The van der Waals surface area contributed by atoms with E-state index in [2.05, 4.69) is 0 Å². The first-order valence-corrected chi connectivity index (χ1v) is 13.4. The Morgan fingerprint density at radius 3 is 2.35 bits per heavy atom. The molecule has 1 atom stereocenters. The molecule has 0 N–H and O–H groups in total. The molecule has 11 nitrogen and oxygen atoms in total. The summed E-state index contributed by atoms with van der Waals surface area (Å²) in [5.74, 6) is -1.25. The fourth-order valence-corrected chi connectivity index (χ4v) is 6.26. The number of rotatable bonds is 6. The third-order valence-corrected chi connectivity index (χ3v) is 8.43. The summed E-state index contributed by atoms with van der Waals surface area (Å²) in [5, 5.41) is -0.370. The molecule has 2 aliphatic heterocycles. The number of hydrogen-bond acceptors (Lipinski definition) is 8. The number of piperidine rings is 1. The van der Waals surface area contributed by atoms with Crippen LogP contribution in [0.3, 0.4) is 0 Å². The van der Waals surface area contributed by atoms with Crippen LogP contribution in [0.1, 0.15) is 36.7 Å². The normalized spacial score (nSPS) is 21.7. The molecule has 2 fully saturated rings. The van der Waals surface area contributed by atoms with Gasteiger partial charge < -0.3 is 14.1 Å². The zero-order chi connectivity index (χ0) is 22.8. The number of ether oxygens (including phenoxy) is 1. The standard InChI is InChI=1S/C18H27N3O8S2/c1-3-28-18(23)15-7-8-16(29-15)31(26,27)20-12-10-19(11-13-20)17(22)14-6-4-5-9-21(14)30(2,24)25/h7-8,14H,3-6,9-13H2,1-2H3. The maximum atomic E-state index is 13.0. The molecule has 1 amide bonds. The zero-order valence-electron chi connectivity index (χ0n) is 17.5. The lowest BCUT2D eigenvalue weighted by Crippen LogP contribution is -2.57. The molecular formula is C18H27N3O8S2. The van der Waals surface area contributed by atoms with Crippen molar-refractivity contribution in [3.8, 4) is 0 Å². The Balaban J connectivity index is 1.66. The van der Waals surface area contributed by atoms with Gasteiger partial charge in [0.15, 0.2) is 0 Å². The molecule has 3 heterocycles. The van der Waals surface area contributed by atoms with E-state index in [0.717, 1.165) is 12.7 Å². The predicted molar refractivity (Wildman–Crippen MR) is 109 cm³/mol. The fraction of sp³-hybridized carbons (Fsp3) is 0.667. The van der Waals surface area contributed by atoms with Gasteiger partial charge in [0.2, 0.25) is 26.8 Å². The first-order chi connectivity index (χ1) is 14.6. The average Bonchev–Trinajstić information content (AvgIpc) is 3.24. The Morgan fingerprint density at radius 2 is 1.74 bits per heavy atom. The Bertz CT molecular complexity index is 1030. The summed E-state index contributed by atoms with van der Waals surface area (Å²) in [6.45, 7) is 2.42. The maximum absolute atomic E-state index is 13.0. The van der Waals surface area contributed by atoms with Gasteiger partial charge in [0.05, 0.1) is 12.9 Å². The SMILES string of the molecule is CCOC(=O)c1ccc(S(=O)(=O)N2CCN(C(=O)C3CCCCN3S(C)(=O)=O)CC2)o1. The molecule has 0 radical (unpaired) electrons. The Hall–Kier alpha value is -1.96. The monoisotopic (exact) mass is 477 g/mol. The second-order valence-corrected chi connectivity index (χ2v) is 11.3. The summed E-state index contributed by atoms with van der Waals surface area (Å²) in [5.41, 5.74) is 0. The highest BCUT2D eigenvalue weighted by Crippen LogP contribution is 2.24. The van der Waals surface area contributed by atoms with Crippen LogP contribution in [-0.2, 0) is 29.6 Å². The van der Waals surface area contributed by atoms with Crippen LogP contribution >= 0.6 is 0 Å². The smallest absolute Gasteiger partial charge is 0.374 e. The molecular weight excluding hydrogens is 450 g/mol. The molecule has 0 saturated carbocycles. The van der Waals surface area contributed by atoms with Crippen LogP contribution in [0.15, 0.2) is 21.6 Å². The minimum absolute atomic E-state index is 0.0368. The molecule has 2 saturated heterocycles. The van der Waals surface area contributed by atoms with Gasteiger partial charge in [-0.3, -0.25) is 4.79 Å². The van der Waals surface area contributed by atoms with Crippen molar-refractivity contribution in [2.75, 3.05) is 45.6 Å².